The molecule has 0 fully saturated rings. The highest BCUT2D eigenvalue weighted by Gasteiger charge is 2.08. The van der Waals surface area contributed by atoms with E-state index in [1.807, 2.05) is 12.1 Å². The van der Waals surface area contributed by atoms with Gasteiger partial charge in [0.1, 0.15) is 0 Å². The zero-order valence-electron chi connectivity index (χ0n) is 10.1. The number of rotatable bonds is 5. The number of hydrogen-bond donors (Lipinski definition) is 1. The molecule has 0 bridgehead atoms. The minimum absolute atomic E-state index is 0.327. The molecule has 0 aliphatic carbocycles. The first-order valence-electron chi connectivity index (χ1n) is 5.68. The summed E-state index contributed by atoms with van der Waals surface area (Å²) in [6.07, 6.45) is 0. The fourth-order valence-electron chi connectivity index (χ4n) is 1.78. The Morgan fingerprint density at radius 2 is 2.06 bits per heavy atom. The summed E-state index contributed by atoms with van der Waals surface area (Å²) >= 11 is 1.78. The zero-order chi connectivity index (χ0) is 12.1. The van der Waals surface area contributed by atoms with Crippen molar-refractivity contribution in [2.24, 2.45) is 0 Å². The molecule has 17 heavy (non-hydrogen) atoms. The predicted octanol–water partition coefficient (Wildman–Crippen LogP) is 4.07. The Bertz CT molecular complexity index is 453. The topological polar surface area (TPSA) is 21.3 Å². The lowest BCUT2D eigenvalue weighted by Crippen LogP contribution is -2.07. The quantitative estimate of drug-likeness (QED) is 0.860. The molecule has 1 aromatic heterocycles. The summed E-state index contributed by atoms with van der Waals surface area (Å²) in [4.78, 5) is 1.34. The van der Waals surface area contributed by atoms with Crippen molar-refractivity contribution in [3.8, 4) is 0 Å². The van der Waals surface area contributed by atoms with Crippen LogP contribution in [0.25, 0.3) is 0 Å². The molecular formula is C14H17NOS. The van der Waals surface area contributed by atoms with Crippen LogP contribution in [0, 0.1) is 0 Å². The van der Waals surface area contributed by atoms with Gasteiger partial charge in [0.25, 0.3) is 0 Å². The van der Waals surface area contributed by atoms with E-state index < -0.39 is 0 Å². The van der Waals surface area contributed by atoms with Crippen molar-refractivity contribution in [2.45, 2.75) is 19.6 Å². The third-order valence-electron chi connectivity index (χ3n) is 2.66. The molecule has 1 aromatic carbocycles. The average Bonchev–Trinajstić information content (AvgIpc) is 2.85. The Labute approximate surface area is 106 Å². The van der Waals surface area contributed by atoms with Crippen LogP contribution in [0.1, 0.15) is 23.4 Å². The van der Waals surface area contributed by atoms with Crippen LogP contribution in [0.2, 0.25) is 0 Å². The second kappa shape index (κ2) is 5.84. The summed E-state index contributed by atoms with van der Waals surface area (Å²) < 4.78 is 5.20. The molecule has 1 atom stereocenters. The highest BCUT2D eigenvalue weighted by Crippen LogP contribution is 2.25. The normalized spacial score (nSPS) is 12.4. The van der Waals surface area contributed by atoms with Crippen molar-refractivity contribution < 1.29 is 4.74 Å². The van der Waals surface area contributed by atoms with Gasteiger partial charge in [-0.3, -0.25) is 0 Å². The standard InChI is InChI=1S/C14H17NOS/c1-11(14-8-5-9-17-14)15-13-7-4-3-6-12(13)10-16-2/h3-9,11,15H,10H2,1-2H3. The fourth-order valence-corrected chi connectivity index (χ4v) is 2.52. The van der Waals surface area contributed by atoms with Crippen molar-refractivity contribution in [1.29, 1.82) is 0 Å². The maximum absolute atomic E-state index is 5.20. The zero-order valence-corrected chi connectivity index (χ0v) is 11.0. The summed E-state index contributed by atoms with van der Waals surface area (Å²) in [5.74, 6) is 0. The van der Waals surface area contributed by atoms with Crippen molar-refractivity contribution in [1.82, 2.24) is 0 Å². The number of ether oxygens (including phenoxy) is 1. The van der Waals surface area contributed by atoms with Gasteiger partial charge < -0.3 is 10.1 Å². The SMILES string of the molecule is COCc1ccccc1NC(C)c1cccs1. The molecule has 0 aliphatic rings. The Kier molecular flexibility index (Phi) is 4.18. The average molecular weight is 247 g/mol. The molecule has 0 aliphatic heterocycles. The largest absolute Gasteiger partial charge is 0.380 e. The van der Waals surface area contributed by atoms with E-state index in [1.165, 1.54) is 10.4 Å². The second-order valence-corrected chi connectivity index (χ2v) is 4.95. The second-order valence-electron chi connectivity index (χ2n) is 3.97. The summed E-state index contributed by atoms with van der Waals surface area (Å²) in [5.41, 5.74) is 2.34. The first-order valence-corrected chi connectivity index (χ1v) is 6.56. The minimum Gasteiger partial charge on any atom is -0.380 e. The number of methoxy groups -OCH3 is 1. The van der Waals surface area contributed by atoms with Gasteiger partial charge in [-0.2, -0.15) is 0 Å². The van der Waals surface area contributed by atoms with Crippen LogP contribution in [-0.2, 0) is 11.3 Å². The van der Waals surface area contributed by atoms with Crippen molar-refractivity contribution in [2.75, 3.05) is 12.4 Å². The number of nitrogens with one attached hydrogen (secondary N) is 1. The molecule has 90 valence electrons. The van der Waals surface area contributed by atoms with E-state index in [-0.39, 0.29) is 0 Å². The number of hydrogen-bond acceptors (Lipinski definition) is 3. The highest BCUT2D eigenvalue weighted by atomic mass is 32.1. The Hall–Kier alpha value is -1.32. The minimum atomic E-state index is 0.327. The smallest absolute Gasteiger partial charge is 0.0733 e. The van der Waals surface area contributed by atoms with Gasteiger partial charge in [0.2, 0.25) is 0 Å². The van der Waals surface area contributed by atoms with Crippen LogP contribution in [0.5, 0.6) is 0 Å². The lowest BCUT2D eigenvalue weighted by molar-refractivity contribution is 0.185. The highest BCUT2D eigenvalue weighted by molar-refractivity contribution is 7.10. The van der Waals surface area contributed by atoms with Crippen LogP contribution in [0.3, 0.4) is 0 Å². The molecule has 1 N–H and O–H groups in total. The summed E-state index contributed by atoms with van der Waals surface area (Å²) in [6.45, 7) is 2.82. The first kappa shape index (κ1) is 12.1. The summed E-state index contributed by atoms with van der Waals surface area (Å²) in [5, 5.41) is 5.63. The van der Waals surface area contributed by atoms with Crippen molar-refractivity contribution in [3.63, 3.8) is 0 Å². The molecule has 2 aromatic rings. The van der Waals surface area contributed by atoms with Gasteiger partial charge >= 0.3 is 0 Å². The van der Waals surface area contributed by atoms with E-state index in [2.05, 4.69) is 41.9 Å². The lowest BCUT2D eigenvalue weighted by Gasteiger charge is -2.16. The third kappa shape index (κ3) is 3.08. The molecular weight excluding hydrogens is 230 g/mol. The molecule has 0 saturated carbocycles. The van der Waals surface area contributed by atoms with Crippen LogP contribution >= 0.6 is 11.3 Å². The molecule has 1 heterocycles. The number of benzene rings is 1. The van der Waals surface area contributed by atoms with E-state index >= 15 is 0 Å². The Morgan fingerprint density at radius 3 is 2.76 bits per heavy atom. The van der Waals surface area contributed by atoms with Crippen LogP contribution in [-0.4, -0.2) is 7.11 Å². The van der Waals surface area contributed by atoms with Crippen LogP contribution < -0.4 is 5.32 Å². The first-order chi connectivity index (χ1) is 8.31. The van der Waals surface area contributed by atoms with E-state index in [4.69, 9.17) is 4.74 Å². The molecule has 0 amide bonds. The van der Waals surface area contributed by atoms with Gasteiger partial charge in [0.15, 0.2) is 0 Å². The summed E-state index contributed by atoms with van der Waals surface area (Å²) in [6, 6.07) is 12.8. The van der Waals surface area contributed by atoms with Gasteiger partial charge in [0, 0.05) is 23.2 Å². The predicted molar refractivity (Wildman–Crippen MR) is 73.5 cm³/mol. The summed E-state index contributed by atoms with van der Waals surface area (Å²) in [7, 11) is 1.72. The van der Waals surface area contributed by atoms with E-state index in [9.17, 15) is 0 Å². The molecule has 0 radical (unpaired) electrons. The van der Waals surface area contributed by atoms with Crippen LogP contribution in [0.15, 0.2) is 41.8 Å². The molecule has 0 saturated heterocycles. The molecule has 0 spiro atoms. The molecule has 2 nitrogen and oxygen atoms in total. The lowest BCUT2D eigenvalue weighted by atomic mass is 10.1. The van der Waals surface area contributed by atoms with E-state index in [0.717, 1.165) is 5.69 Å². The molecule has 2 rings (SSSR count). The Balaban J connectivity index is 2.12. The maximum atomic E-state index is 5.20. The monoisotopic (exact) mass is 247 g/mol. The van der Waals surface area contributed by atoms with Gasteiger partial charge in [-0.15, -0.1) is 11.3 Å². The van der Waals surface area contributed by atoms with E-state index in [0.29, 0.717) is 12.6 Å². The third-order valence-corrected chi connectivity index (χ3v) is 3.71. The number of thiophene rings is 1. The van der Waals surface area contributed by atoms with Gasteiger partial charge in [-0.1, -0.05) is 24.3 Å². The van der Waals surface area contributed by atoms with E-state index in [1.54, 1.807) is 18.4 Å². The van der Waals surface area contributed by atoms with Gasteiger partial charge in [-0.05, 0) is 24.4 Å². The maximum Gasteiger partial charge on any atom is 0.0733 e. The van der Waals surface area contributed by atoms with Crippen molar-refractivity contribution in [3.05, 3.63) is 52.2 Å². The van der Waals surface area contributed by atoms with Crippen molar-refractivity contribution >= 4 is 17.0 Å². The van der Waals surface area contributed by atoms with Crippen LogP contribution in [0.4, 0.5) is 5.69 Å². The fraction of sp³-hybridized carbons (Fsp3) is 0.286. The molecule has 1 unspecified atom stereocenters. The van der Waals surface area contributed by atoms with Gasteiger partial charge in [-0.25, -0.2) is 0 Å². The number of para-hydroxylation sites is 1. The van der Waals surface area contributed by atoms with Gasteiger partial charge in [0.05, 0.1) is 12.6 Å². The number of anilines is 1. The molecule has 3 heteroatoms. The Morgan fingerprint density at radius 1 is 1.24 bits per heavy atom.